The molecule has 23 heavy (non-hydrogen) atoms. The van der Waals surface area contributed by atoms with Crippen LogP contribution in [0.2, 0.25) is 0 Å². The van der Waals surface area contributed by atoms with Crippen LogP contribution in [0, 0.1) is 29.4 Å². The molecule has 4 nitrogen and oxygen atoms in total. The number of hydrogen-bond acceptors (Lipinski definition) is 3. The van der Waals surface area contributed by atoms with Crippen molar-refractivity contribution in [1.29, 1.82) is 0 Å². The van der Waals surface area contributed by atoms with E-state index in [9.17, 15) is 13.6 Å². The first-order valence-corrected chi connectivity index (χ1v) is 8.09. The van der Waals surface area contributed by atoms with E-state index in [1.165, 1.54) is 13.5 Å². The van der Waals surface area contributed by atoms with E-state index in [-0.39, 0.29) is 29.3 Å². The third kappa shape index (κ3) is 3.17. The summed E-state index contributed by atoms with van der Waals surface area (Å²) in [7, 11) is 1.29. The summed E-state index contributed by atoms with van der Waals surface area (Å²) in [5.74, 6) is -1.37. The second-order valence-electron chi connectivity index (χ2n) is 6.65. The Kier molecular flexibility index (Phi) is 4.53. The Morgan fingerprint density at radius 2 is 1.91 bits per heavy atom. The standard InChI is InChI=1S/C17H22F2N2O2/c1-23-16-13(19)7-12(18)8-14(16)21-17(22)11-5-9-3-2-4-10(6-11)15(9)20/h7-11,15H,2-6,20H2,1H3,(H,21,22). The van der Waals surface area contributed by atoms with Crippen LogP contribution in [0.15, 0.2) is 12.1 Å². The molecule has 0 aromatic heterocycles. The lowest BCUT2D eigenvalue weighted by Gasteiger charge is -2.43. The molecule has 1 aromatic rings. The predicted molar refractivity (Wildman–Crippen MR) is 83.1 cm³/mol. The molecule has 0 spiro atoms. The van der Waals surface area contributed by atoms with Gasteiger partial charge in [0.1, 0.15) is 5.82 Å². The quantitative estimate of drug-likeness (QED) is 0.898. The van der Waals surface area contributed by atoms with Crippen molar-refractivity contribution in [1.82, 2.24) is 0 Å². The molecular weight excluding hydrogens is 302 g/mol. The summed E-state index contributed by atoms with van der Waals surface area (Å²) in [4.78, 5) is 12.5. The fourth-order valence-corrected chi connectivity index (χ4v) is 4.10. The fraction of sp³-hybridized carbons (Fsp3) is 0.588. The Balaban J connectivity index is 1.75. The number of nitrogens with two attached hydrogens (primary N) is 1. The molecule has 0 saturated heterocycles. The molecule has 2 unspecified atom stereocenters. The monoisotopic (exact) mass is 324 g/mol. The summed E-state index contributed by atoms with van der Waals surface area (Å²) in [6.07, 6.45) is 4.76. The molecule has 0 aliphatic heterocycles. The summed E-state index contributed by atoms with van der Waals surface area (Å²) >= 11 is 0. The summed E-state index contributed by atoms with van der Waals surface area (Å²) in [6, 6.07) is 1.99. The maximum absolute atomic E-state index is 13.7. The zero-order valence-corrected chi connectivity index (χ0v) is 13.1. The normalized spacial score (nSPS) is 29.9. The maximum Gasteiger partial charge on any atom is 0.227 e. The maximum atomic E-state index is 13.7. The number of fused-ring (bicyclic) bond motifs is 2. The molecule has 1 amide bonds. The first kappa shape index (κ1) is 16.2. The van der Waals surface area contributed by atoms with Gasteiger partial charge in [0.15, 0.2) is 11.6 Å². The van der Waals surface area contributed by atoms with Gasteiger partial charge in [-0.15, -0.1) is 0 Å². The molecule has 3 N–H and O–H groups in total. The molecule has 2 saturated carbocycles. The van der Waals surface area contributed by atoms with Gasteiger partial charge >= 0.3 is 0 Å². The van der Waals surface area contributed by atoms with Gasteiger partial charge < -0.3 is 15.8 Å². The van der Waals surface area contributed by atoms with E-state index in [2.05, 4.69) is 5.32 Å². The van der Waals surface area contributed by atoms with E-state index in [4.69, 9.17) is 10.5 Å². The summed E-state index contributed by atoms with van der Waals surface area (Å²) in [5.41, 5.74) is 6.27. The van der Waals surface area contributed by atoms with Crippen LogP contribution in [-0.2, 0) is 4.79 Å². The van der Waals surface area contributed by atoms with Gasteiger partial charge in [-0.2, -0.15) is 0 Å². The summed E-state index contributed by atoms with van der Waals surface area (Å²) < 4.78 is 32.1. The van der Waals surface area contributed by atoms with E-state index in [0.717, 1.165) is 37.8 Å². The lowest BCUT2D eigenvalue weighted by Crippen LogP contribution is -2.48. The number of nitrogens with one attached hydrogen (secondary N) is 1. The molecule has 3 rings (SSSR count). The molecule has 2 fully saturated rings. The number of methoxy groups -OCH3 is 1. The fourth-order valence-electron chi connectivity index (χ4n) is 4.10. The van der Waals surface area contributed by atoms with Crippen molar-refractivity contribution >= 4 is 11.6 Å². The van der Waals surface area contributed by atoms with E-state index >= 15 is 0 Å². The van der Waals surface area contributed by atoms with Crippen molar-refractivity contribution in [3.8, 4) is 5.75 Å². The van der Waals surface area contributed by atoms with Crippen LogP contribution in [-0.4, -0.2) is 19.1 Å². The first-order valence-electron chi connectivity index (χ1n) is 8.09. The van der Waals surface area contributed by atoms with Crippen LogP contribution < -0.4 is 15.8 Å². The molecule has 0 radical (unpaired) electrons. The van der Waals surface area contributed by atoms with Crippen LogP contribution in [0.25, 0.3) is 0 Å². The highest BCUT2D eigenvalue weighted by Crippen LogP contribution is 2.42. The molecule has 0 heterocycles. The summed E-state index contributed by atoms with van der Waals surface area (Å²) in [5, 5.41) is 2.63. The van der Waals surface area contributed by atoms with E-state index in [0.29, 0.717) is 11.8 Å². The Hall–Kier alpha value is -1.69. The highest BCUT2D eigenvalue weighted by molar-refractivity contribution is 5.94. The number of halogens is 2. The Morgan fingerprint density at radius 3 is 2.52 bits per heavy atom. The van der Waals surface area contributed by atoms with Crippen LogP contribution in [0.5, 0.6) is 5.75 Å². The highest BCUT2D eigenvalue weighted by atomic mass is 19.1. The van der Waals surface area contributed by atoms with Crippen LogP contribution in [0.1, 0.15) is 32.1 Å². The molecule has 2 aliphatic carbocycles. The minimum absolute atomic E-state index is 0.0371. The van der Waals surface area contributed by atoms with Gasteiger partial charge in [-0.25, -0.2) is 8.78 Å². The molecular formula is C17H22F2N2O2. The molecule has 2 aliphatic rings. The number of anilines is 1. The van der Waals surface area contributed by atoms with Gasteiger partial charge in [0, 0.05) is 24.1 Å². The third-order valence-electron chi connectivity index (χ3n) is 5.25. The molecule has 1 aromatic carbocycles. The van der Waals surface area contributed by atoms with Gasteiger partial charge in [0.25, 0.3) is 0 Å². The van der Waals surface area contributed by atoms with Crippen LogP contribution in [0.3, 0.4) is 0 Å². The van der Waals surface area contributed by atoms with Gasteiger partial charge in [0.05, 0.1) is 12.8 Å². The second kappa shape index (κ2) is 6.43. The minimum Gasteiger partial charge on any atom is -0.492 e. The van der Waals surface area contributed by atoms with Crippen LogP contribution in [0.4, 0.5) is 14.5 Å². The average Bonchev–Trinajstić information content (AvgIpc) is 2.46. The lowest BCUT2D eigenvalue weighted by molar-refractivity contribution is -0.122. The van der Waals surface area contributed by atoms with Crippen molar-refractivity contribution < 1.29 is 18.3 Å². The molecule has 2 atom stereocenters. The van der Waals surface area contributed by atoms with Gasteiger partial charge in [-0.3, -0.25) is 4.79 Å². The zero-order chi connectivity index (χ0) is 16.6. The predicted octanol–water partition coefficient (Wildman–Crippen LogP) is 3.07. The van der Waals surface area contributed by atoms with Gasteiger partial charge in [-0.05, 0) is 37.5 Å². The van der Waals surface area contributed by atoms with Crippen molar-refractivity contribution in [3.05, 3.63) is 23.8 Å². The topological polar surface area (TPSA) is 64.3 Å². The van der Waals surface area contributed by atoms with E-state index in [1.807, 2.05) is 0 Å². The van der Waals surface area contributed by atoms with Crippen molar-refractivity contribution in [2.75, 3.05) is 12.4 Å². The number of ether oxygens (including phenoxy) is 1. The molecule has 126 valence electrons. The SMILES string of the molecule is COc1c(F)cc(F)cc1NC(=O)C1CC2CCCC(C1)C2N. The lowest BCUT2D eigenvalue weighted by atomic mass is 9.65. The average molecular weight is 324 g/mol. The van der Waals surface area contributed by atoms with Crippen molar-refractivity contribution in [2.45, 2.75) is 38.1 Å². The van der Waals surface area contributed by atoms with E-state index < -0.39 is 11.6 Å². The zero-order valence-electron chi connectivity index (χ0n) is 13.1. The number of carbonyl (C=O) groups is 1. The largest absolute Gasteiger partial charge is 0.492 e. The number of benzene rings is 1. The number of carbonyl (C=O) groups excluding carboxylic acids is 1. The summed E-state index contributed by atoms with van der Waals surface area (Å²) in [6.45, 7) is 0. The molecule has 2 bridgehead atoms. The van der Waals surface area contributed by atoms with E-state index in [1.54, 1.807) is 0 Å². The Bertz CT molecular complexity index is 595. The minimum atomic E-state index is -0.828. The first-order chi connectivity index (χ1) is 11.0. The Morgan fingerprint density at radius 1 is 1.26 bits per heavy atom. The second-order valence-corrected chi connectivity index (χ2v) is 6.65. The van der Waals surface area contributed by atoms with Crippen molar-refractivity contribution in [3.63, 3.8) is 0 Å². The van der Waals surface area contributed by atoms with Gasteiger partial charge in [-0.1, -0.05) is 6.42 Å². The van der Waals surface area contributed by atoms with Gasteiger partial charge in [0.2, 0.25) is 5.91 Å². The number of amides is 1. The number of rotatable bonds is 3. The third-order valence-corrected chi connectivity index (χ3v) is 5.25. The van der Waals surface area contributed by atoms with Crippen LogP contribution >= 0.6 is 0 Å². The number of hydrogen-bond donors (Lipinski definition) is 2. The van der Waals surface area contributed by atoms with Crippen molar-refractivity contribution in [2.24, 2.45) is 23.5 Å². The smallest absolute Gasteiger partial charge is 0.227 e. The highest BCUT2D eigenvalue weighted by Gasteiger charge is 2.40. The molecule has 6 heteroatoms. The Labute approximate surface area is 134 Å².